The molecule has 3 aliphatic rings. The second kappa shape index (κ2) is 13.2. The highest BCUT2D eigenvalue weighted by Crippen LogP contribution is 2.53. The van der Waals surface area contributed by atoms with Gasteiger partial charge in [0.2, 0.25) is 0 Å². The largest absolute Gasteiger partial charge is 0.0804 e. The molecule has 0 saturated carbocycles. The third-order valence-corrected chi connectivity index (χ3v) is 14.3. The summed E-state index contributed by atoms with van der Waals surface area (Å²) in [5.41, 5.74) is 20.8. The molecule has 9 aromatic carbocycles. The van der Waals surface area contributed by atoms with Crippen molar-refractivity contribution < 1.29 is 0 Å². The minimum absolute atomic E-state index is 0.0813. The van der Waals surface area contributed by atoms with Gasteiger partial charge in [-0.2, -0.15) is 0 Å². The summed E-state index contributed by atoms with van der Waals surface area (Å²) in [5, 5.41) is 7.60. The van der Waals surface area contributed by atoms with E-state index < -0.39 is 0 Å². The third kappa shape index (κ3) is 5.38. The van der Waals surface area contributed by atoms with E-state index in [-0.39, 0.29) is 10.8 Å². The SMILES string of the molecule is CC1(C)C2=C(C=CCC=C2)c2ccc(-c3ccc4c(-c5cccc(-c6ccc7ccccc7c6)c5)c5ccccc5c(-c5ccc6c(c5)C(C)(C)c5ccccc5-6)c4c3)cc21. The number of benzene rings is 9. The van der Waals surface area contributed by atoms with Gasteiger partial charge in [-0.05, 0) is 158 Å². The summed E-state index contributed by atoms with van der Waals surface area (Å²) in [6.07, 6.45) is 10.3. The van der Waals surface area contributed by atoms with Gasteiger partial charge in [-0.1, -0.05) is 192 Å². The van der Waals surface area contributed by atoms with Crippen LogP contribution in [-0.4, -0.2) is 0 Å². The molecule has 290 valence electrons. The van der Waals surface area contributed by atoms with Crippen LogP contribution in [0.3, 0.4) is 0 Å². The van der Waals surface area contributed by atoms with Crippen molar-refractivity contribution >= 4 is 37.9 Å². The lowest BCUT2D eigenvalue weighted by atomic mass is 9.79. The molecule has 0 amide bonds. The summed E-state index contributed by atoms with van der Waals surface area (Å²) < 4.78 is 0. The molecule has 0 spiro atoms. The van der Waals surface area contributed by atoms with E-state index in [0.717, 1.165) is 6.42 Å². The summed E-state index contributed by atoms with van der Waals surface area (Å²) in [7, 11) is 0. The Hall–Kier alpha value is -7.02. The van der Waals surface area contributed by atoms with Crippen LogP contribution in [0.25, 0.3) is 93.5 Å². The predicted octanol–water partition coefficient (Wildman–Crippen LogP) is 16.7. The highest BCUT2D eigenvalue weighted by atomic mass is 14.4. The Balaban J connectivity index is 1.10. The van der Waals surface area contributed by atoms with E-state index in [1.54, 1.807) is 0 Å². The Kier molecular flexibility index (Phi) is 7.79. The summed E-state index contributed by atoms with van der Waals surface area (Å²) >= 11 is 0. The van der Waals surface area contributed by atoms with Crippen LogP contribution in [0.1, 0.15) is 56.4 Å². The lowest BCUT2D eigenvalue weighted by Crippen LogP contribution is -2.16. The summed E-state index contributed by atoms with van der Waals surface area (Å²) in [5.74, 6) is 0. The quantitative estimate of drug-likeness (QED) is 0.156. The van der Waals surface area contributed by atoms with Crippen molar-refractivity contribution in [1.29, 1.82) is 0 Å². The van der Waals surface area contributed by atoms with E-state index in [1.165, 1.54) is 121 Å². The third-order valence-electron chi connectivity index (χ3n) is 14.3. The molecular formula is C61H46. The number of allylic oxidation sites excluding steroid dienone is 6. The molecule has 0 aromatic heterocycles. The van der Waals surface area contributed by atoms with E-state index in [2.05, 4.69) is 222 Å². The van der Waals surface area contributed by atoms with Crippen LogP contribution in [0.5, 0.6) is 0 Å². The van der Waals surface area contributed by atoms with Crippen molar-refractivity contribution in [2.24, 2.45) is 0 Å². The van der Waals surface area contributed by atoms with Crippen molar-refractivity contribution in [3.8, 4) is 55.6 Å². The van der Waals surface area contributed by atoms with Crippen LogP contribution < -0.4 is 0 Å². The van der Waals surface area contributed by atoms with Gasteiger partial charge in [-0.25, -0.2) is 0 Å². The standard InChI is InChI=1S/C61H46/c1-60(2)54-23-7-5-6-19-46(54)48-30-27-43(36-56(48)60)42-28-32-52-53(35-42)59(45-29-31-49-47-20-12-13-24-55(47)61(3,4)57(49)37-45)51-22-11-10-21-50(51)58(52)44-18-14-17-40(34-44)41-26-25-38-15-8-9-16-39(38)33-41/h6-37H,5H2,1-4H3. The zero-order valence-electron chi connectivity index (χ0n) is 35.2. The second-order valence-electron chi connectivity index (χ2n) is 18.4. The average Bonchev–Trinajstić information content (AvgIpc) is 3.48. The molecular weight excluding hydrogens is 733 g/mol. The lowest BCUT2D eigenvalue weighted by molar-refractivity contribution is 0.654. The van der Waals surface area contributed by atoms with E-state index in [0.29, 0.717) is 0 Å². The van der Waals surface area contributed by atoms with Crippen LogP contribution in [0.2, 0.25) is 0 Å². The maximum atomic E-state index is 2.50. The molecule has 0 nitrogen and oxygen atoms in total. The van der Waals surface area contributed by atoms with Gasteiger partial charge in [0.15, 0.2) is 0 Å². The summed E-state index contributed by atoms with van der Waals surface area (Å²) in [6.45, 7) is 9.55. The molecule has 9 aromatic rings. The predicted molar refractivity (Wildman–Crippen MR) is 261 cm³/mol. The molecule has 0 heterocycles. The first kappa shape index (κ1) is 35.9. The fraction of sp³-hybridized carbons (Fsp3) is 0.115. The van der Waals surface area contributed by atoms with Crippen LogP contribution in [-0.2, 0) is 10.8 Å². The molecule has 0 N–H and O–H groups in total. The van der Waals surface area contributed by atoms with Gasteiger partial charge in [0.25, 0.3) is 0 Å². The summed E-state index contributed by atoms with van der Waals surface area (Å²) in [4.78, 5) is 0. The molecule has 0 fully saturated rings. The molecule has 0 aliphatic heterocycles. The Morgan fingerprint density at radius 2 is 0.902 bits per heavy atom. The van der Waals surface area contributed by atoms with E-state index >= 15 is 0 Å². The Labute approximate surface area is 358 Å². The fourth-order valence-corrected chi connectivity index (χ4v) is 11.1. The Morgan fingerprint density at radius 3 is 1.77 bits per heavy atom. The van der Waals surface area contributed by atoms with Crippen LogP contribution in [0.15, 0.2) is 200 Å². The van der Waals surface area contributed by atoms with E-state index in [4.69, 9.17) is 0 Å². The van der Waals surface area contributed by atoms with Gasteiger partial charge in [-0.15, -0.1) is 0 Å². The molecule has 0 atom stereocenters. The molecule has 0 bridgehead atoms. The smallest absolute Gasteiger partial charge is 0.0159 e. The van der Waals surface area contributed by atoms with Gasteiger partial charge in [0, 0.05) is 10.8 Å². The van der Waals surface area contributed by atoms with Gasteiger partial charge in [-0.3, -0.25) is 0 Å². The molecule has 0 unspecified atom stereocenters. The molecule has 0 heteroatoms. The molecule has 0 saturated heterocycles. The zero-order chi connectivity index (χ0) is 41.0. The minimum Gasteiger partial charge on any atom is -0.0804 e. The van der Waals surface area contributed by atoms with Gasteiger partial charge in [0.1, 0.15) is 0 Å². The van der Waals surface area contributed by atoms with E-state index in [9.17, 15) is 0 Å². The molecule has 0 radical (unpaired) electrons. The highest BCUT2D eigenvalue weighted by Gasteiger charge is 2.37. The van der Waals surface area contributed by atoms with Crippen molar-refractivity contribution in [2.75, 3.05) is 0 Å². The van der Waals surface area contributed by atoms with Crippen LogP contribution in [0.4, 0.5) is 0 Å². The zero-order valence-corrected chi connectivity index (χ0v) is 35.2. The fourth-order valence-electron chi connectivity index (χ4n) is 11.1. The maximum Gasteiger partial charge on any atom is 0.0159 e. The van der Waals surface area contributed by atoms with Crippen molar-refractivity contribution in [3.05, 3.63) is 222 Å². The first-order valence-corrected chi connectivity index (χ1v) is 21.8. The van der Waals surface area contributed by atoms with E-state index in [1.807, 2.05) is 0 Å². The van der Waals surface area contributed by atoms with Gasteiger partial charge in [0.05, 0.1) is 0 Å². The Bertz CT molecular complexity index is 3430. The number of fused-ring (bicyclic) bond motifs is 8. The summed E-state index contributed by atoms with van der Waals surface area (Å²) in [6, 6.07) is 64.4. The van der Waals surface area contributed by atoms with Crippen LogP contribution in [0, 0.1) is 0 Å². The van der Waals surface area contributed by atoms with Gasteiger partial charge < -0.3 is 0 Å². The lowest BCUT2D eigenvalue weighted by Gasteiger charge is -2.24. The highest BCUT2D eigenvalue weighted by molar-refractivity contribution is 6.22. The number of hydrogen-bond acceptors (Lipinski definition) is 0. The normalized spacial score (nSPS) is 15.5. The maximum absolute atomic E-state index is 2.50. The van der Waals surface area contributed by atoms with Crippen molar-refractivity contribution in [1.82, 2.24) is 0 Å². The molecule has 61 heavy (non-hydrogen) atoms. The monoisotopic (exact) mass is 778 g/mol. The Morgan fingerprint density at radius 1 is 0.344 bits per heavy atom. The van der Waals surface area contributed by atoms with Crippen molar-refractivity contribution in [3.63, 3.8) is 0 Å². The number of rotatable bonds is 4. The molecule has 3 aliphatic carbocycles. The number of hydrogen-bond donors (Lipinski definition) is 0. The van der Waals surface area contributed by atoms with Crippen molar-refractivity contribution in [2.45, 2.75) is 44.9 Å². The van der Waals surface area contributed by atoms with Crippen LogP contribution >= 0.6 is 0 Å². The first-order chi connectivity index (χ1) is 29.8. The second-order valence-corrected chi connectivity index (χ2v) is 18.4. The van der Waals surface area contributed by atoms with Gasteiger partial charge >= 0.3 is 0 Å². The molecule has 12 rings (SSSR count). The first-order valence-electron chi connectivity index (χ1n) is 21.8. The average molecular weight is 779 g/mol. The minimum atomic E-state index is -0.102. The topological polar surface area (TPSA) is 0 Å².